The van der Waals surface area contributed by atoms with E-state index in [1.165, 1.54) is 0 Å². The molecule has 2 aromatic rings. The average molecular weight is 258 g/mol. The summed E-state index contributed by atoms with van der Waals surface area (Å²) >= 11 is 0. The molecule has 0 saturated carbocycles. The maximum Gasteiger partial charge on any atom is 0.253 e. The lowest BCUT2D eigenvalue weighted by atomic mass is 10.1. The monoisotopic (exact) mass is 258 g/mol. The topological polar surface area (TPSA) is 59.0 Å². The van der Waals surface area contributed by atoms with Gasteiger partial charge < -0.3 is 10.6 Å². The SMILES string of the molecule is CNc1ccccc1C(=O)NCCc1ccnn1C. The Bertz CT molecular complexity index is 562. The first-order valence-corrected chi connectivity index (χ1v) is 6.24. The van der Waals surface area contributed by atoms with Gasteiger partial charge in [0.25, 0.3) is 5.91 Å². The van der Waals surface area contributed by atoms with Crippen molar-refractivity contribution in [3.8, 4) is 0 Å². The smallest absolute Gasteiger partial charge is 0.253 e. The number of benzene rings is 1. The van der Waals surface area contributed by atoms with Gasteiger partial charge in [-0.05, 0) is 18.2 Å². The molecule has 0 radical (unpaired) electrons. The van der Waals surface area contributed by atoms with Crippen molar-refractivity contribution < 1.29 is 4.79 Å². The fourth-order valence-electron chi connectivity index (χ4n) is 1.94. The standard InChI is InChI=1S/C14H18N4O/c1-15-13-6-4-3-5-12(13)14(19)16-9-7-11-8-10-17-18(11)2/h3-6,8,10,15H,7,9H2,1-2H3,(H,16,19). The van der Waals surface area contributed by atoms with E-state index >= 15 is 0 Å². The van der Waals surface area contributed by atoms with E-state index < -0.39 is 0 Å². The maximum absolute atomic E-state index is 12.1. The van der Waals surface area contributed by atoms with Crippen molar-refractivity contribution in [2.75, 3.05) is 18.9 Å². The van der Waals surface area contributed by atoms with Gasteiger partial charge in [-0.1, -0.05) is 12.1 Å². The summed E-state index contributed by atoms with van der Waals surface area (Å²) in [4.78, 5) is 12.1. The van der Waals surface area contributed by atoms with Crippen molar-refractivity contribution >= 4 is 11.6 Å². The van der Waals surface area contributed by atoms with Crippen molar-refractivity contribution in [1.29, 1.82) is 0 Å². The second-order valence-corrected chi connectivity index (χ2v) is 4.25. The van der Waals surface area contributed by atoms with E-state index in [0.717, 1.165) is 17.8 Å². The molecule has 0 aliphatic rings. The molecule has 0 aliphatic carbocycles. The molecule has 5 heteroatoms. The van der Waals surface area contributed by atoms with Gasteiger partial charge in [0.05, 0.1) is 5.56 Å². The third kappa shape index (κ3) is 3.13. The van der Waals surface area contributed by atoms with E-state index in [4.69, 9.17) is 0 Å². The number of hydrogen-bond acceptors (Lipinski definition) is 3. The van der Waals surface area contributed by atoms with Crippen LogP contribution < -0.4 is 10.6 Å². The van der Waals surface area contributed by atoms with Gasteiger partial charge in [0.2, 0.25) is 0 Å². The molecule has 0 fully saturated rings. The summed E-state index contributed by atoms with van der Waals surface area (Å²) < 4.78 is 1.81. The summed E-state index contributed by atoms with van der Waals surface area (Å²) in [6.45, 7) is 0.594. The number of carbonyl (C=O) groups is 1. The van der Waals surface area contributed by atoms with Crippen LogP contribution in [-0.4, -0.2) is 29.3 Å². The molecule has 0 unspecified atom stereocenters. The summed E-state index contributed by atoms with van der Waals surface area (Å²) in [5.74, 6) is -0.0629. The zero-order valence-electron chi connectivity index (χ0n) is 11.2. The Balaban J connectivity index is 1.93. The summed E-state index contributed by atoms with van der Waals surface area (Å²) in [6, 6.07) is 9.41. The van der Waals surface area contributed by atoms with E-state index in [2.05, 4.69) is 15.7 Å². The lowest BCUT2D eigenvalue weighted by Crippen LogP contribution is -2.26. The van der Waals surface area contributed by atoms with Crippen LogP contribution in [0.2, 0.25) is 0 Å². The van der Waals surface area contributed by atoms with Gasteiger partial charge in [-0.15, -0.1) is 0 Å². The minimum Gasteiger partial charge on any atom is -0.387 e. The molecule has 0 bridgehead atoms. The molecule has 2 N–H and O–H groups in total. The van der Waals surface area contributed by atoms with E-state index in [1.54, 1.807) is 6.20 Å². The van der Waals surface area contributed by atoms with Crippen LogP contribution in [0.4, 0.5) is 5.69 Å². The summed E-state index contributed by atoms with van der Waals surface area (Å²) in [7, 11) is 3.70. The van der Waals surface area contributed by atoms with Crippen LogP contribution in [0.5, 0.6) is 0 Å². The van der Waals surface area contributed by atoms with Crippen molar-refractivity contribution in [1.82, 2.24) is 15.1 Å². The Morgan fingerprint density at radius 1 is 1.32 bits per heavy atom. The number of anilines is 1. The molecular formula is C14H18N4O. The first kappa shape index (κ1) is 13.1. The predicted octanol–water partition coefficient (Wildman–Crippen LogP) is 1.43. The van der Waals surface area contributed by atoms with Gasteiger partial charge in [0.15, 0.2) is 0 Å². The van der Waals surface area contributed by atoms with E-state index in [0.29, 0.717) is 12.1 Å². The van der Waals surface area contributed by atoms with Gasteiger partial charge in [-0.2, -0.15) is 5.10 Å². The Labute approximate surface area is 112 Å². The van der Waals surface area contributed by atoms with Crippen molar-refractivity contribution in [3.63, 3.8) is 0 Å². The zero-order valence-corrected chi connectivity index (χ0v) is 11.2. The number of nitrogens with one attached hydrogen (secondary N) is 2. The normalized spacial score (nSPS) is 10.2. The fraction of sp³-hybridized carbons (Fsp3) is 0.286. The minimum atomic E-state index is -0.0629. The van der Waals surface area contributed by atoms with Crippen LogP contribution in [0.15, 0.2) is 36.5 Å². The Morgan fingerprint density at radius 3 is 2.79 bits per heavy atom. The molecule has 0 saturated heterocycles. The second-order valence-electron chi connectivity index (χ2n) is 4.25. The van der Waals surface area contributed by atoms with Gasteiger partial charge >= 0.3 is 0 Å². The maximum atomic E-state index is 12.1. The molecule has 0 spiro atoms. The Kier molecular flexibility index (Phi) is 4.18. The molecule has 1 amide bonds. The molecule has 1 aromatic carbocycles. The van der Waals surface area contributed by atoms with Gasteiger partial charge in [-0.3, -0.25) is 9.48 Å². The van der Waals surface area contributed by atoms with Crippen LogP contribution in [0.1, 0.15) is 16.1 Å². The van der Waals surface area contributed by atoms with Crippen LogP contribution in [0.3, 0.4) is 0 Å². The van der Waals surface area contributed by atoms with Gasteiger partial charge in [0, 0.05) is 44.6 Å². The minimum absolute atomic E-state index is 0.0629. The Morgan fingerprint density at radius 2 is 2.11 bits per heavy atom. The van der Waals surface area contributed by atoms with Crippen LogP contribution in [-0.2, 0) is 13.5 Å². The lowest BCUT2D eigenvalue weighted by Gasteiger charge is -2.09. The van der Waals surface area contributed by atoms with Crippen molar-refractivity contribution in [2.24, 2.45) is 7.05 Å². The summed E-state index contributed by atoms with van der Waals surface area (Å²) in [5, 5.41) is 10.0. The predicted molar refractivity (Wildman–Crippen MR) is 75.2 cm³/mol. The number of nitrogens with zero attached hydrogens (tertiary/aromatic N) is 2. The zero-order chi connectivity index (χ0) is 13.7. The second kappa shape index (κ2) is 6.04. The molecule has 0 atom stereocenters. The van der Waals surface area contributed by atoms with E-state index in [9.17, 15) is 4.79 Å². The highest BCUT2D eigenvalue weighted by Gasteiger charge is 2.09. The fourth-order valence-corrected chi connectivity index (χ4v) is 1.94. The number of carbonyl (C=O) groups excluding carboxylic acids is 1. The first-order chi connectivity index (χ1) is 9.22. The van der Waals surface area contributed by atoms with Gasteiger partial charge in [0.1, 0.15) is 0 Å². The molecular weight excluding hydrogens is 240 g/mol. The third-order valence-electron chi connectivity index (χ3n) is 3.03. The van der Waals surface area contributed by atoms with Crippen LogP contribution in [0.25, 0.3) is 0 Å². The highest BCUT2D eigenvalue weighted by molar-refractivity contribution is 5.99. The molecule has 1 heterocycles. The number of rotatable bonds is 5. The number of para-hydroxylation sites is 1. The largest absolute Gasteiger partial charge is 0.387 e. The number of hydrogen-bond donors (Lipinski definition) is 2. The number of aromatic nitrogens is 2. The van der Waals surface area contributed by atoms with Crippen LogP contribution >= 0.6 is 0 Å². The number of aryl methyl sites for hydroxylation is 1. The van der Waals surface area contributed by atoms with E-state index in [1.807, 2.05) is 49.1 Å². The van der Waals surface area contributed by atoms with Crippen molar-refractivity contribution in [2.45, 2.75) is 6.42 Å². The van der Waals surface area contributed by atoms with E-state index in [-0.39, 0.29) is 5.91 Å². The average Bonchev–Trinajstić information content (AvgIpc) is 2.84. The molecule has 100 valence electrons. The first-order valence-electron chi connectivity index (χ1n) is 6.24. The highest BCUT2D eigenvalue weighted by Crippen LogP contribution is 2.13. The highest BCUT2D eigenvalue weighted by atomic mass is 16.1. The van der Waals surface area contributed by atoms with Crippen molar-refractivity contribution in [3.05, 3.63) is 47.8 Å². The third-order valence-corrected chi connectivity index (χ3v) is 3.03. The lowest BCUT2D eigenvalue weighted by molar-refractivity contribution is 0.0955. The van der Waals surface area contributed by atoms with Gasteiger partial charge in [-0.25, -0.2) is 0 Å². The summed E-state index contributed by atoms with van der Waals surface area (Å²) in [6.07, 6.45) is 2.53. The molecule has 5 nitrogen and oxygen atoms in total. The van der Waals surface area contributed by atoms with Crippen LogP contribution in [0, 0.1) is 0 Å². The summed E-state index contributed by atoms with van der Waals surface area (Å²) in [5.41, 5.74) is 2.60. The quantitative estimate of drug-likeness (QED) is 0.853. The molecule has 0 aliphatic heterocycles. The number of amides is 1. The molecule has 1 aromatic heterocycles. The Hall–Kier alpha value is -2.30. The molecule has 19 heavy (non-hydrogen) atoms. The molecule has 2 rings (SSSR count).